The summed E-state index contributed by atoms with van der Waals surface area (Å²) < 4.78 is 53.9. The maximum absolute atomic E-state index is 14.5. The van der Waals surface area contributed by atoms with E-state index in [0.29, 0.717) is 0 Å². The van der Waals surface area contributed by atoms with E-state index >= 15 is 0 Å². The van der Waals surface area contributed by atoms with Crippen molar-refractivity contribution in [3.8, 4) is 16.9 Å². The van der Waals surface area contributed by atoms with Crippen molar-refractivity contribution in [1.29, 1.82) is 0 Å². The van der Waals surface area contributed by atoms with Gasteiger partial charge in [-0.05, 0) is 48.0 Å². The Balaban J connectivity index is 2.18. The summed E-state index contributed by atoms with van der Waals surface area (Å²) in [6, 6.07) is 12.8. The van der Waals surface area contributed by atoms with Crippen molar-refractivity contribution in [3.63, 3.8) is 0 Å². The minimum Gasteiger partial charge on any atom is -0.507 e. The summed E-state index contributed by atoms with van der Waals surface area (Å²) in [4.78, 5) is -1.25. The average Bonchev–Trinajstić information content (AvgIpc) is 2.57. The highest BCUT2D eigenvalue weighted by atomic mass is 35.5. The number of phenols is 1. The molecule has 25 heavy (non-hydrogen) atoms. The zero-order chi connectivity index (χ0) is 18.2. The van der Waals surface area contributed by atoms with E-state index in [-0.39, 0.29) is 26.8 Å². The molecule has 0 unspecified atom stereocenters. The van der Waals surface area contributed by atoms with Crippen LogP contribution in [0.3, 0.4) is 0 Å². The molecule has 0 saturated carbocycles. The molecular formula is C18H11ClF2O3S. The maximum Gasteiger partial charge on any atom is 0.212 e. The van der Waals surface area contributed by atoms with Gasteiger partial charge in [0.25, 0.3) is 0 Å². The van der Waals surface area contributed by atoms with Gasteiger partial charge in [-0.2, -0.15) is 0 Å². The van der Waals surface area contributed by atoms with Crippen LogP contribution in [0.1, 0.15) is 0 Å². The molecule has 0 heterocycles. The molecule has 0 bridgehead atoms. The predicted octanol–water partition coefficient (Wildman–Crippen LogP) is 4.82. The van der Waals surface area contributed by atoms with Crippen LogP contribution in [-0.4, -0.2) is 13.5 Å². The van der Waals surface area contributed by atoms with Crippen LogP contribution in [0.5, 0.6) is 5.75 Å². The van der Waals surface area contributed by atoms with Crippen molar-refractivity contribution in [2.75, 3.05) is 0 Å². The Morgan fingerprint density at radius 2 is 1.48 bits per heavy atom. The fourth-order valence-corrected chi connectivity index (χ4v) is 3.98. The normalized spacial score (nSPS) is 11.5. The van der Waals surface area contributed by atoms with Gasteiger partial charge in [-0.15, -0.1) is 0 Å². The van der Waals surface area contributed by atoms with E-state index in [1.54, 1.807) is 6.07 Å². The maximum atomic E-state index is 14.5. The topological polar surface area (TPSA) is 54.4 Å². The molecule has 3 aromatic rings. The van der Waals surface area contributed by atoms with E-state index in [1.807, 2.05) is 0 Å². The number of benzene rings is 3. The molecule has 0 spiro atoms. The predicted molar refractivity (Wildman–Crippen MR) is 90.4 cm³/mol. The number of phenolic OH excluding ortho intramolecular Hbond substituents is 1. The smallest absolute Gasteiger partial charge is 0.212 e. The van der Waals surface area contributed by atoms with E-state index in [2.05, 4.69) is 0 Å². The van der Waals surface area contributed by atoms with Gasteiger partial charge in [-0.3, -0.25) is 0 Å². The Morgan fingerprint density at radius 1 is 0.880 bits per heavy atom. The highest BCUT2D eigenvalue weighted by molar-refractivity contribution is 7.91. The van der Waals surface area contributed by atoms with Gasteiger partial charge in [0.05, 0.1) is 4.90 Å². The van der Waals surface area contributed by atoms with Crippen LogP contribution in [-0.2, 0) is 9.84 Å². The highest BCUT2D eigenvalue weighted by Crippen LogP contribution is 2.35. The largest absolute Gasteiger partial charge is 0.507 e. The average molecular weight is 381 g/mol. The second kappa shape index (κ2) is 6.46. The van der Waals surface area contributed by atoms with Crippen molar-refractivity contribution in [2.45, 2.75) is 9.79 Å². The molecule has 0 radical (unpaired) electrons. The van der Waals surface area contributed by atoms with Crippen LogP contribution in [0.15, 0.2) is 70.5 Å². The van der Waals surface area contributed by atoms with Crippen molar-refractivity contribution in [3.05, 3.63) is 77.3 Å². The highest BCUT2D eigenvalue weighted by Gasteiger charge is 2.27. The fourth-order valence-electron chi connectivity index (χ4n) is 2.43. The molecule has 3 nitrogen and oxygen atoms in total. The lowest BCUT2D eigenvalue weighted by atomic mass is 10.0. The molecule has 0 atom stereocenters. The Bertz CT molecular complexity index is 1030. The lowest BCUT2D eigenvalue weighted by molar-refractivity contribution is 0.477. The van der Waals surface area contributed by atoms with Gasteiger partial charge < -0.3 is 5.11 Å². The molecule has 0 aliphatic rings. The molecule has 0 aliphatic carbocycles. The standard InChI is InChI=1S/C18H11ClF2O3S/c19-12-6-7-17(22)14(10-12)11-8-15(20)18(16(21)9-11)25(23,24)13-4-2-1-3-5-13/h1-10,22H. The summed E-state index contributed by atoms with van der Waals surface area (Å²) in [5.74, 6) is -2.74. The SMILES string of the molecule is O=S(=O)(c1ccccc1)c1c(F)cc(-c2cc(Cl)ccc2O)cc1F. The van der Waals surface area contributed by atoms with Gasteiger partial charge in [0, 0.05) is 10.6 Å². The second-order valence-corrected chi connectivity index (χ2v) is 7.57. The van der Waals surface area contributed by atoms with Crippen LogP contribution in [0, 0.1) is 11.6 Å². The van der Waals surface area contributed by atoms with Crippen molar-refractivity contribution in [1.82, 2.24) is 0 Å². The van der Waals surface area contributed by atoms with Crippen LogP contribution in [0.2, 0.25) is 5.02 Å². The van der Waals surface area contributed by atoms with Gasteiger partial charge in [0.1, 0.15) is 22.3 Å². The minimum atomic E-state index is -4.36. The quantitative estimate of drug-likeness (QED) is 0.708. The van der Waals surface area contributed by atoms with E-state index in [0.717, 1.165) is 12.1 Å². The first kappa shape index (κ1) is 17.4. The summed E-state index contributed by atoms with van der Waals surface area (Å²) in [6.45, 7) is 0. The van der Waals surface area contributed by atoms with Crippen LogP contribution < -0.4 is 0 Å². The van der Waals surface area contributed by atoms with Crippen molar-refractivity contribution in [2.24, 2.45) is 0 Å². The van der Waals surface area contributed by atoms with Gasteiger partial charge >= 0.3 is 0 Å². The number of sulfone groups is 1. The molecule has 3 rings (SSSR count). The number of aromatic hydroxyl groups is 1. The summed E-state index contributed by atoms with van der Waals surface area (Å²) >= 11 is 5.84. The third kappa shape index (κ3) is 3.23. The lowest BCUT2D eigenvalue weighted by Gasteiger charge is -2.11. The van der Waals surface area contributed by atoms with E-state index in [9.17, 15) is 22.3 Å². The van der Waals surface area contributed by atoms with E-state index < -0.39 is 26.4 Å². The van der Waals surface area contributed by atoms with Gasteiger partial charge in [-0.25, -0.2) is 17.2 Å². The second-order valence-electron chi connectivity index (χ2n) is 5.25. The summed E-state index contributed by atoms with van der Waals surface area (Å²) in [6.07, 6.45) is 0. The number of rotatable bonds is 3. The summed E-state index contributed by atoms with van der Waals surface area (Å²) in [5.41, 5.74) is 0.0657. The first-order valence-corrected chi connectivity index (χ1v) is 8.95. The molecule has 0 aliphatic heterocycles. The molecule has 3 aromatic carbocycles. The molecule has 1 N–H and O–H groups in total. The zero-order valence-corrected chi connectivity index (χ0v) is 14.2. The molecule has 7 heteroatoms. The Hall–Kier alpha value is -2.44. The molecule has 0 saturated heterocycles. The van der Waals surface area contributed by atoms with Gasteiger partial charge in [0.2, 0.25) is 9.84 Å². The van der Waals surface area contributed by atoms with Crippen LogP contribution in [0.25, 0.3) is 11.1 Å². The Labute approximate surface area is 148 Å². The van der Waals surface area contributed by atoms with Crippen LogP contribution >= 0.6 is 11.6 Å². The monoisotopic (exact) mass is 380 g/mol. The number of halogens is 3. The summed E-state index contributed by atoms with van der Waals surface area (Å²) in [7, 11) is -4.36. The first-order chi connectivity index (χ1) is 11.8. The molecule has 0 amide bonds. The minimum absolute atomic E-state index is 0.0259. The van der Waals surface area contributed by atoms with E-state index in [1.165, 1.54) is 42.5 Å². The van der Waals surface area contributed by atoms with E-state index in [4.69, 9.17) is 11.6 Å². The molecular weight excluding hydrogens is 370 g/mol. The summed E-state index contributed by atoms with van der Waals surface area (Å²) in [5, 5.41) is 10.1. The molecule has 0 fully saturated rings. The van der Waals surface area contributed by atoms with Crippen molar-refractivity contribution >= 4 is 21.4 Å². The molecule has 128 valence electrons. The van der Waals surface area contributed by atoms with Crippen molar-refractivity contribution < 1.29 is 22.3 Å². The lowest BCUT2D eigenvalue weighted by Crippen LogP contribution is -2.08. The molecule has 0 aromatic heterocycles. The Morgan fingerprint density at radius 3 is 2.08 bits per heavy atom. The van der Waals surface area contributed by atoms with Gasteiger partial charge in [0.15, 0.2) is 0 Å². The van der Waals surface area contributed by atoms with Crippen LogP contribution in [0.4, 0.5) is 8.78 Å². The fraction of sp³-hybridized carbons (Fsp3) is 0. The third-order valence-electron chi connectivity index (χ3n) is 3.59. The Kier molecular flexibility index (Phi) is 4.49. The third-order valence-corrected chi connectivity index (χ3v) is 5.65. The first-order valence-electron chi connectivity index (χ1n) is 7.09. The number of hydrogen-bond donors (Lipinski definition) is 1. The van der Waals surface area contributed by atoms with Gasteiger partial charge in [-0.1, -0.05) is 29.8 Å². The number of hydrogen-bond acceptors (Lipinski definition) is 3. The zero-order valence-electron chi connectivity index (χ0n) is 12.6.